The van der Waals surface area contributed by atoms with Crippen LogP contribution in [0.25, 0.3) is 6.08 Å². The molecule has 2 heterocycles. The Bertz CT molecular complexity index is 861. The Morgan fingerprint density at radius 3 is 2.50 bits per heavy atom. The zero-order valence-electron chi connectivity index (χ0n) is 16.6. The average molecular weight is 399 g/mol. The number of carbonyl (C=O) groups excluding carboxylic acids is 2. The van der Waals surface area contributed by atoms with Gasteiger partial charge in [0, 0.05) is 57.3 Å². The summed E-state index contributed by atoms with van der Waals surface area (Å²) in [6, 6.07) is 7.80. The lowest BCUT2D eigenvalue weighted by molar-refractivity contribution is -0.114. The van der Waals surface area contributed by atoms with E-state index in [0.29, 0.717) is 10.7 Å². The fraction of sp³-hybridized carbons (Fsp3) is 0.381. The number of carbonyl (C=O) groups is 2. The number of hydrogen-bond donors (Lipinski definition) is 1. The van der Waals surface area contributed by atoms with Gasteiger partial charge in [-0.25, -0.2) is 4.98 Å². The average Bonchev–Trinajstić information content (AvgIpc) is 3.09. The summed E-state index contributed by atoms with van der Waals surface area (Å²) in [5.74, 6) is -0.0648. The minimum absolute atomic E-state index is 0.0252. The Kier molecular flexibility index (Phi) is 6.59. The van der Waals surface area contributed by atoms with Crippen LogP contribution in [0.2, 0.25) is 0 Å². The van der Waals surface area contributed by atoms with Gasteiger partial charge in [-0.3, -0.25) is 14.5 Å². The third-order valence-electron chi connectivity index (χ3n) is 4.65. The summed E-state index contributed by atoms with van der Waals surface area (Å²) in [5.41, 5.74) is 3.29. The summed E-state index contributed by atoms with van der Waals surface area (Å²) in [6.45, 7) is 4.38. The largest absolute Gasteiger partial charge is 0.345 e. The highest BCUT2D eigenvalue weighted by Crippen LogP contribution is 2.24. The van der Waals surface area contributed by atoms with Crippen molar-refractivity contribution in [1.82, 2.24) is 14.8 Å². The molecule has 1 fully saturated rings. The van der Waals surface area contributed by atoms with Crippen LogP contribution in [0.1, 0.15) is 40.6 Å². The van der Waals surface area contributed by atoms with E-state index in [1.165, 1.54) is 23.8 Å². The molecule has 1 saturated heterocycles. The van der Waals surface area contributed by atoms with Gasteiger partial charge < -0.3 is 10.2 Å². The van der Waals surface area contributed by atoms with E-state index in [1.807, 2.05) is 30.5 Å². The zero-order chi connectivity index (χ0) is 20.1. The number of thiazole rings is 1. The molecule has 0 atom stereocenters. The molecule has 1 aromatic heterocycles. The quantitative estimate of drug-likeness (QED) is 0.837. The van der Waals surface area contributed by atoms with Crippen LogP contribution < -0.4 is 5.32 Å². The molecule has 0 saturated carbocycles. The van der Waals surface area contributed by atoms with Crippen molar-refractivity contribution in [3.8, 4) is 0 Å². The second-order valence-corrected chi connectivity index (χ2v) is 8.33. The van der Waals surface area contributed by atoms with E-state index in [-0.39, 0.29) is 11.8 Å². The molecule has 2 amide bonds. The van der Waals surface area contributed by atoms with Crippen LogP contribution in [-0.2, 0) is 11.3 Å². The van der Waals surface area contributed by atoms with Crippen molar-refractivity contribution >= 4 is 34.4 Å². The van der Waals surface area contributed by atoms with Gasteiger partial charge in [-0.2, -0.15) is 0 Å². The van der Waals surface area contributed by atoms with E-state index in [1.54, 1.807) is 19.0 Å². The molecule has 0 bridgehead atoms. The fourth-order valence-corrected chi connectivity index (χ4v) is 4.07. The summed E-state index contributed by atoms with van der Waals surface area (Å²) in [6.07, 6.45) is 6.16. The van der Waals surface area contributed by atoms with Gasteiger partial charge in [0.2, 0.25) is 5.91 Å². The SMILES string of the molecule is CC(=O)Nc1ncc(CN2CCC(=Cc3ccc(C(=O)N(C)C)cc3)CC2)s1. The van der Waals surface area contributed by atoms with E-state index in [0.717, 1.165) is 42.9 Å². The number of anilines is 1. The summed E-state index contributed by atoms with van der Waals surface area (Å²) in [7, 11) is 3.53. The van der Waals surface area contributed by atoms with Gasteiger partial charge in [-0.05, 0) is 30.5 Å². The van der Waals surface area contributed by atoms with Crippen LogP contribution in [-0.4, -0.2) is 53.8 Å². The second-order valence-electron chi connectivity index (χ2n) is 7.21. The maximum Gasteiger partial charge on any atom is 0.253 e. The summed E-state index contributed by atoms with van der Waals surface area (Å²) < 4.78 is 0. The number of amides is 2. The van der Waals surface area contributed by atoms with Crippen molar-refractivity contribution in [3.63, 3.8) is 0 Å². The molecule has 0 radical (unpaired) electrons. The number of rotatable bonds is 5. The Morgan fingerprint density at radius 1 is 1.21 bits per heavy atom. The first-order chi connectivity index (χ1) is 13.4. The standard InChI is InChI=1S/C21H26N4O2S/c1-15(26)23-21-22-13-19(28-21)14-25-10-8-17(9-11-25)12-16-4-6-18(7-5-16)20(27)24(2)3/h4-7,12-13H,8-11,14H2,1-3H3,(H,22,23,26). The summed E-state index contributed by atoms with van der Waals surface area (Å²) in [5, 5.41) is 3.39. The molecular weight excluding hydrogens is 372 g/mol. The van der Waals surface area contributed by atoms with Gasteiger partial charge in [-0.15, -0.1) is 11.3 Å². The molecule has 148 valence electrons. The lowest BCUT2D eigenvalue weighted by Gasteiger charge is -2.27. The normalized spacial score (nSPS) is 14.6. The maximum absolute atomic E-state index is 12.0. The Labute approximate surface area is 169 Å². The molecule has 1 N–H and O–H groups in total. The first-order valence-corrected chi connectivity index (χ1v) is 10.2. The highest BCUT2D eigenvalue weighted by molar-refractivity contribution is 7.15. The Hall–Kier alpha value is -2.51. The molecule has 28 heavy (non-hydrogen) atoms. The van der Waals surface area contributed by atoms with E-state index in [9.17, 15) is 9.59 Å². The van der Waals surface area contributed by atoms with Gasteiger partial charge in [-0.1, -0.05) is 23.8 Å². The first kappa shape index (κ1) is 20.2. The van der Waals surface area contributed by atoms with E-state index < -0.39 is 0 Å². The third-order valence-corrected chi connectivity index (χ3v) is 5.55. The molecule has 0 spiro atoms. The van der Waals surface area contributed by atoms with Crippen molar-refractivity contribution in [2.75, 3.05) is 32.5 Å². The predicted molar refractivity (Wildman–Crippen MR) is 113 cm³/mol. The van der Waals surface area contributed by atoms with Crippen molar-refractivity contribution in [3.05, 3.63) is 52.0 Å². The fourth-order valence-electron chi connectivity index (χ4n) is 3.17. The minimum Gasteiger partial charge on any atom is -0.345 e. The highest BCUT2D eigenvalue weighted by atomic mass is 32.1. The molecule has 7 heteroatoms. The second kappa shape index (κ2) is 9.12. The number of aromatic nitrogens is 1. The molecule has 0 aliphatic carbocycles. The number of hydrogen-bond acceptors (Lipinski definition) is 5. The van der Waals surface area contributed by atoms with Crippen LogP contribution in [0, 0.1) is 0 Å². The van der Waals surface area contributed by atoms with Gasteiger partial charge in [0.25, 0.3) is 5.91 Å². The van der Waals surface area contributed by atoms with Crippen LogP contribution in [0.5, 0.6) is 0 Å². The van der Waals surface area contributed by atoms with Crippen LogP contribution in [0.4, 0.5) is 5.13 Å². The summed E-state index contributed by atoms with van der Waals surface area (Å²) in [4.78, 5) is 32.5. The Balaban J connectivity index is 1.52. The lowest BCUT2D eigenvalue weighted by Crippen LogP contribution is -2.29. The van der Waals surface area contributed by atoms with E-state index in [4.69, 9.17) is 0 Å². The molecular formula is C21H26N4O2S. The van der Waals surface area contributed by atoms with Crippen LogP contribution in [0.15, 0.2) is 36.0 Å². The number of likely N-dealkylation sites (tertiary alicyclic amines) is 1. The molecule has 3 rings (SSSR count). The maximum atomic E-state index is 12.0. The topological polar surface area (TPSA) is 65.5 Å². The molecule has 1 aliphatic rings. The van der Waals surface area contributed by atoms with Crippen molar-refractivity contribution in [2.24, 2.45) is 0 Å². The van der Waals surface area contributed by atoms with Gasteiger partial charge >= 0.3 is 0 Å². The number of nitrogens with zero attached hydrogens (tertiary/aromatic N) is 3. The van der Waals surface area contributed by atoms with Gasteiger partial charge in [0.05, 0.1) is 0 Å². The number of benzene rings is 1. The van der Waals surface area contributed by atoms with E-state index >= 15 is 0 Å². The van der Waals surface area contributed by atoms with Crippen molar-refractivity contribution in [2.45, 2.75) is 26.3 Å². The van der Waals surface area contributed by atoms with Crippen molar-refractivity contribution < 1.29 is 9.59 Å². The van der Waals surface area contributed by atoms with Crippen LogP contribution in [0.3, 0.4) is 0 Å². The van der Waals surface area contributed by atoms with Crippen LogP contribution >= 0.6 is 11.3 Å². The first-order valence-electron chi connectivity index (χ1n) is 9.36. The Morgan fingerprint density at radius 2 is 1.89 bits per heavy atom. The predicted octanol–water partition coefficient (Wildman–Crippen LogP) is 3.48. The number of piperidine rings is 1. The third kappa shape index (κ3) is 5.50. The molecule has 6 nitrogen and oxygen atoms in total. The minimum atomic E-state index is -0.0900. The smallest absolute Gasteiger partial charge is 0.253 e. The van der Waals surface area contributed by atoms with E-state index in [2.05, 4.69) is 21.3 Å². The molecule has 2 aromatic rings. The number of nitrogens with one attached hydrogen (secondary N) is 1. The monoisotopic (exact) mass is 398 g/mol. The van der Waals surface area contributed by atoms with Gasteiger partial charge in [0.15, 0.2) is 5.13 Å². The summed E-state index contributed by atoms with van der Waals surface area (Å²) >= 11 is 1.53. The molecule has 0 unspecified atom stereocenters. The molecule has 1 aromatic carbocycles. The van der Waals surface area contributed by atoms with Gasteiger partial charge in [0.1, 0.15) is 0 Å². The zero-order valence-corrected chi connectivity index (χ0v) is 17.4. The lowest BCUT2D eigenvalue weighted by atomic mass is 10.00. The molecule has 1 aliphatic heterocycles. The highest BCUT2D eigenvalue weighted by Gasteiger charge is 2.16. The van der Waals surface area contributed by atoms with Crippen molar-refractivity contribution in [1.29, 1.82) is 0 Å².